The molecular weight excluding hydrogens is 308 g/mol. The van der Waals surface area contributed by atoms with Crippen molar-refractivity contribution in [3.05, 3.63) is 58.1 Å². The van der Waals surface area contributed by atoms with E-state index in [-0.39, 0.29) is 11.6 Å². The lowest BCUT2D eigenvalue weighted by atomic mass is 9.93. The van der Waals surface area contributed by atoms with E-state index in [4.69, 9.17) is 16.3 Å². The zero-order chi connectivity index (χ0) is 18.2. The molecule has 3 heteroatoms. The van der Waals surface area contributed by atoms with Crippen molar-refractivity contribution in [2.75, 3.05) is 0 Å². The fourth-order valence-electron chi connectivity index (χ4n) is 2.10. The summed E-state index contributed by atoms with van der Waals surface area (Å²) in [5.74, 6) is -0.168. The quantitative estimate of drug-likeness (QED) is 0.416. The van der Waals surface area contributed by atoms with Gasteiger partial charge in [-0.05, 0) is 60.1 Å². The molecule has 1 aliphatic rings. The van der Waals surface area contributed by atoms with Crippen LogP contribution in [-0.4, -0.2) is 11.6 Å². The van der Waals surface area contributed by atoms with E-state index in [0.717, 1.165) is 28.2 Å². The van der Waals surface area contributed by atoms with Crippen LogP contribution in [0.15, 0.2) is 42.0 Å². The second-order valence-electron chi connectivity index (χ2n) is 6.39. The number of aryl methyl sites for hydroxylation is 2. The molecule has 0 spiro atoms. The number of benzene rings is 1. The zero-order valence-electron chi connectivity index (χ0n) is 15.4. The molecular formula is C20H29ClO2. The Morgan fingerprint density at radius 1 is 1.22 bits per heavy atom. The molecule has 1 heterocycles. The monoisotopic (exact) mass is 336 g/mol. The lowest BCUT2D eigenvalue weighted by molar-refractivity contribution is -0.153. The maximum atomic E-state index is 11.1. The van der Waals surface area contributed by atoms with Gasteiger partial charge in [-0.25, -0.2) is 4.79 Å². The number of carbonyl (C=O) groups excluding carboxylic acids is 1. The van der Waals surface area contributed by atoms with Crippen LogP contribution >= 0.6 is 11.6 Å². The SMILES string of the molecule is C=CC.CC1=C(C)C(=O)OC(C)(C)C1.Cc1ccc(Cl)c(C)c1. The van der Waals surface area contributed by atoms with Crippen LogP contribution < -0.4 is 0 Å². The molecule has 0 unspecified atom stereocenters. The highest BCUT2D eigenvalue weighted by atomic mass is 35.5. The summed E-state index contributed by atoms with van der Waals surface area (Å²) in [6, 6.07) is 6.00. The van der Waals surface area contributed by atoms with E-state index in [1.165, 1.54) is 5.56 Å². The van der Waals surface area contributed by atoms with Gasteiger partial charge in [0.05, 0.1) is 0 Å². The Labute approximate surface area is 146 Å². The van der Waals surface area contributed by atoms with Gasteiger partial charge >= 0.3 is 5.97 Å². The first kappa shape index (κ1) is 21.5. The lowest BCUT2D eigenvalue weighted by Gasteiger charge is -2.30. The van der Waals surface area contributed by atoms with Crippen molar-refractivity contribution in [1.29, 1.82) is 0 Å². The summed E-state index contributed by atoms with van der Waals surface area (Å²) in [5, 5.41) is 0.848. The number of ether oxygens (including phenoxy) is 1. The number of allylic oxidation sites excluding steroid dienone is 1. The molecule has 0 N–H and O–H groups in total. The van der Waals surface area contributed by atoms with Gasteiger partial charge in [-0.3, -0.25) is 0 Å². The second-order valence-corrected chi connectivity index (χ2v) is 6.80. The van der Waals surface area contributed by atoms with E-state index in [1.54, 1.807) is 6.08 Å². The maximum Gasteiger partial charge on any atom is 0.334 e. The second kappa shape index (κ2) is 9.57. The highest BCUT2D eigenvalue weighted by Gasteiger charge is 2.30. The Bertz CT molecular complexity index is 583. The standard InChI is InChI=1S/C9H14O2.C8H9Cl.C3H6/c1-6-5-9(3,4)11-8(10)7(6)2;1-6-3-4-8(9)7(2)5-6;1-3-2/h5H2,1-4H3;3-5H,1-2H3;3H,1H2,2H3. The van der Waals surface area contributed by atoms with Crippen molar-refractivity contribution in [3.63, 3.8) is 0 Å². The molecule has 23 heavy (non-hydrogen) atoms. The molecule has 0 aromatic heterocycles. The van der Waals surface area contributed by atoms with Gasteiger partial charge < -0.3 is 4.74 Å². The fraction of sp³-hybridized carbons (Fsp3) is 0.450. The predicted octanol–water partition coefficient (Wildman–Crippen LogP) is 6.20. The molecule has 0 radical (unpaired) electrons. The third kappa shape index (κ3) is 8.03. The molecule has 0 amide bonds. The Kier molecular flexibility index (Phi) is 8.93. The third-order valence-corrected chi connectivity index (χ3v) is 3.74. The van der Waals surface area contributed by atoms with Crippen molar-refractivity contribution in [2.45, 2.75) is 60.5 Å². The lowest BCUT2D eigenvalue weighted by Crippen LogP contribution is -2.33. The van der Waals surface area contributed by atoms with Crippen molar-refractivity contribution < 1.29 is 9.53 Å². The number of esters is 1. The molecule has 0 saturated carbocycles. The molecule has 1 aromatic rings. The van der Waals surface area contributed by atoms with Gasteiger partial charge in [0.25, 0.3) is 0 Å². The number of cyclic esters (lactones) is 1. The summed E-state index contributed by atoms with van der Waals surface area (Å²) in [4.78, 5) is 11.1. The molecule has 2 rings (SSSR count). The molecule has 0 saturated heterocycles. The molecule has 0 atom stereocenters. The fourth-order valence-corrected chi connectivity index (χ4v) is 2.22. The average molecular weight is 337 g/mol. The minimum absolute atomic E-state index is 0.168. The Balaban J connectivity index is 0.000000365. The smallest absolute Gasteiger partial charge is 0.334 e. The van der Waals surface area contributed by atoms with Crippen molar-refractivity contribution >= 4 is 17.6 Å². The van der Waals surface area contributed by atoms with Gasteiger partial charge in [-0.15, -0.1) is 6.58 Å². The highest BCUT2D eigenvalue weighted by Crippen LogP contribution is 2.28. The normalized spacial score (nSPS) is 15.6. The van der Waals surface area contributed by atoms with Crippen LogP contribution in [-0.2, 0) is 9.53 Å². The van der Waals surface area contributed by atoms with Gasteiger partial charge in [0.2, 0.25) is 0 Å². The van der Waals surface area contributed by atoms with Crippen molar-refractivity contribution in [1.82, 2.24) is 0 Å². The van der Waals surface area contributed by atoms with Crippen molar-refractivity contribution in [3.8, 4) is 0 Å². The van der Waals surface area contributed by atoms with Gasteiger partial charge in [0.1, 0.15) is 5.60 Å². The molecule has 2 nitrogen and oxygen atoms in total. The molecule has 0 fully saturated rings. The van der Waals surface area contributed by atoms with Crippen LogP contribution in [0.25, 0.3) is 0 Å². The number of hydrogen-bond acceptors (Lipinski definition) is 2. The van der Waals surface area contributed by atoms with Gasteiger partial charge in [0.15, 0.2) is 0 Å². The third-order valence-electron chi connectivity index (χ3n) is 3.32. The van der Waals surface area contributed by atoms with Crippen LogP contribution in [0.3, 0.4) is 0 Å². The zero-order valence-corrected chi connectivity index (χ0v) is 16.2. The van der Waals surface area contributed by atoms with Crippen LogP contribution in [0.2, 0.25) is 5.02 Å². The van der Waals surface area contributed by atoms with Crippen LogP contribution in [0.1, 0.15) is 52.2 Å². The minimum atomic E-state index is -0.305. The summed E-state index contributed by atoms with van der Waals surface area (Å²) in [6.45, 7) is 17.0. The predicted molar refractivity (Wildman–Crippen MR) is 100.0 cm³/mol. The van der Waals surface area contributed by atoms with Gasteiger partial charge in [-0.1, -0.05) is 40.9 Å². The molecule has 1 aliphatic heterocycles. The average Bonchev–Trinajstić information content (AvgIpc) is 2.41. The number of carbonyl (C=O) groups is 1. The highest BCUT2D eigenvalue weighted by molar-refractivity contribution is 6.31. The van der Waals surface area contributed by atoms with E-state index in [1.807, 2.05) is 53.7 Å². The molecule has 0 aliphatic carbocycles. The summed E-state index contributed by atoms with van der Waals surface area (Å²) < 4.78 is 5.16. The minimum Gasteiger partial charge on any atom is -0.456 e. The number of halogens is 1. The Morgan fingerprint density at radius 3 is 2.13 bits per heavy atom. The summed E-state index contributed by atoms with van der Waals surface area (Å²) in [7, 11) is 0. The summed E-state index contributed by atoms with van der Waals surface area (Å²) in [6.07, 6.45) is 2.60. The molecule has 128 valence electrons. The van der Waals surface area contributed by atoms with Crippen LogP contribution in [0.5, 0.6) is 0 Å². The van der Waals surface area contributed by atoms with E-state index in [2.05, 4.69) is 19.6 Å². The maximum absolute atomic E-state index is 11.1. The van der Waals surface area contributed by atoms with Crippen LogP contribution in [0.4, 0.5) is 0 Å². The topological polar surface area (TPSA) is 26.3 Å². The van der Waals surface area contributed by atoms with E-state index >= 15 is 0 Å². The van der Waals surface area contributed by atoms with Crippen molar-refractivity contribution in [2.24, 2.45) is 0 Å². The summed E-state index contributed by atoms with van der Waals surface area (Å²) >= 11 is 5.78. The number of hydrogen-bond donors (Lipinski definition) is 0. The molecule has 1 aromatic carbocycles. The first-order valence-electron chi connectivity index (χ1n) is 7.73. The Hall–Kier alpha value is -1.54. The first-order valence-corrected chi connectivity index (χ1v) is 8.11. The molecule has 0 bridgehead atoms. The van der Waals surface area contributed by atoms with E-state index in [0.29, 0.717) is 0 Å². The van der Waals surface area contributed by atoms with Gasteiger partial charge in [-0.2, -0.15) is 0 Å². The number of rotatable bonds is 0. The first-order chi connectivity index (χ1) is 10.5. The summed E-state index contributed by atoms with van der Waals surface area (Å²) in [5.41, 5.74) is 4.02. The van der Waals surface area contributed by atoms with E-state index < -0.39 is 0 Å². The Morgan fingerprint density at radius 2 is 1.74 bits per heavy atom. The van der Waals surface area contributed by atoms with Gasteiger partial charge in [0, 0.05) is 17.0 Å². The largest absolute Gasteiger partial charge is 0.456 e. The van der Waals surface area contributed by atoms with E-state index in [9.17, 15) is 4.79 Å². The van der Waals surface area contributed by atoms with Crippen LogP contribution in [0, 0.1) is 13.8 Å².